The molecule has 2 heterocycles. The topological polar surface area (TPSA) is 88.3 Å². The number of nitrogens with zero attached hydrogens (tertiary/aromatic N) is 2. The summed E-state index contributed by atoms with van der Waals surface area (Å²) in [5.41, 5.74) is 0.555. The van der Waals surface area contributed by atoms with Crippen molar-refractivity contribution in [3.8, 4) is 0 Å². The lowest BCUT2D eigenvalue weighted by molar-refractivity contribution is 0.0695. The summed E-state index contributed by atoms with van der Waals surface area (Å²) < 4.78 is 5.26. The van der Waals surface area contributed by atoms with E-state index in [0.717, 1.165) is 5.76 Å². The van der Waals surface area contributed by atoms with Crippen LogP contribution in [0.5, 0.6) is 0 Å². The van der Waals surface area contributed by atoms with Crippen LogP contribution in [-0.4, -0.2) is 27.1 Å². The first-order valence-electron chi connectivity index (χ1n) is 5.92. The van der Waals surface area contributed by atoms with Gasteiger partial charge in [0.15, 0.2) is 0 Å². The molecule has 6 heteroatoms. The Morgan fingerprint density at radius 2 is 2.37 bits per heavy atom. The molecule has 19 heavy (non-hydrogen) atoms. The van der Waals surface area contributed by atoms with E-state index in [1.54, 1.807) is 13.2 Å². The van der Waals surface area contributed by atoms with Crippen LogP contribution in [0.3, 0.4) is 0 Å². The molecule has 2 N–H and O–H groups in total. The normalized spacial score (nSPS) is 12.1. The van der Waals surface area contributed by atoms with Crippen molar-refractivity contribution < 1.29 is 14.3 Å². The maximum atomic E-state index is 10.9. The number of aromatic nitrogens is 2. The summed E-state index contributed by atoms with van der Waals surface area (Å²) in [6.07, 6.45) is 3.65. The first kappa shape index (κ1) is 13.1. The van der Waals surface area contributed by atoms with Crippen molar-refractivity contribution >= 4 is 11.9 Å². The smallest absolute Gasteiger partial charge is 0.339 e. The van der Waals surface area contributed by atoms with Gasteiger partial charge in [-0.05, 0) is 26.0 Å². The number of furan rings is 1. The summed E-state index contributed by atoms with van der Waals surface area (Å²) in [6, 6.07) is 3.82. The van der Waals surface area contributed by atoms with Gasteiger partial charge >= 0.3 is 5.97 Å². The van der Waals surface area contributed by atoms with E-state index in [0.29, 0.717) is 18.1 Å². The van der Waals surface area contributed by atoms with Gasteiger partial charge in [-0.1, -0.05) is 0 Å². The fraction of sp³-hybridized carbons (Fsp3) is 0.308. The lowest BCUT2D eigenvalue weighted by atomic mass is 10.2. The molecule has 0 spiro atoms. The van der Waals surface area contributed by atoms with Crippen LogP contribution in [0.4, 0.5) is 5.95 Å². The largest absolute Gasteiger partial charge is 0.478 e. The number of hydrogen-bond donors (Lipinski definition) is 2. The van der Waals surface area contributed by atoms with Crippen LogP contribution in [0, 0.1) is 6.92 Å². The Bertz CT molecular complexity index is 567. The predicted molar refractivity (Wildman–Crippen MR) is 69.2 cm³/mol. The second-order valence-corrected chi connectivity index (χ2v) is 4.33. The molecule has 100 valence electrons. The Morgan fingerprint density at radius 1 is 1.58 bits per heavy atom. The Morgan fingerprint density at radius 3 is 2.95 bits per heavy atom. The minimum Gasteiger partial charge on any atom is -0.478 e. The van der Waals surface area contributed by atoms with Crippen molar-refractivity contribution in [2.45, 2.75) is 26.3 Å². The van der Waals surface area contributed by atoms with Crippen molar-refractivity contribution in [2.75, 3.05) is 5.32 Å². The quantitative estimate of drug-likeness (QED) is 0.857. The van der Waals surface area contributed by atoms with E-state index in [9.17, 15) is 4.79 Å². The molecular formula is C13H15N3O3. The SMILES string of the molecule is Cc1nc(NC(C)Cc2ccco2)ncc1C(=O)O. The van der Waals surface area contributed by atoms with E-state index in [1.165, 1.54) is 6.20 Å². The first-order chi connectivity index (χ1) is 9.06. The van der Waals surface area contributed by atoms with Crippen molar-refractivity contribution in [3.05, 3.63) is 41.6 Å². The second-order valence-electron chi connectivity index (χ2n) is 4.33. The third-order valence-electron chi connectivity index (χ3n) is 2.67. The Hall–Kier alpha value is -2.37. The number of carbonyl (C=O) groups is 1. The molecule has 0 amide bonds. The molecule has 2 aromatic heterocycles. The average Bonchev–Trinajstić information content (AvgIpc) is 2.81. The summed E-state index contributed by atoms with van der Waals surface area (Å²) in [7, 11) is 0. The number of aromatic carboxylic acids is 1. The summed E-state index contributed by atoms with van der Waals surface area (Å²) in [4.78, 5) is 19.0. The molecule has 0 aliphatic carbocycles. The van der Waals surface area contributed by atoms with E-state index < -0.39 is 5.97 Å². The van der Waals surface area contributed by atoms with Gasteiger partial charge in [0.05, 0.1) is 17.5 Å². The summed E-state index contributed by atoms with van der Waals surface area (Å²) >= 11 is 0. The molecule has 2 rings (SSSR count). The van der Waals surface area contributed by atoms with Crippen LogP contribution in [0.1, 0.15) is 28.7 Å². The van der Waals surface area contributed by atoms with E-state index in [4.69, 9.17) is 9.52 Å². The zero-order valence-corrected chi connectivity index (χ0v) is 10.8. The number of aryl methyl sites for hydroxylation is 1. The third kappa shape index (κ3) is 3.31. The van der Waals surface area contributed by atoms with Crippen LogP contribution in [0.2, 0.25) is 0 Å². The number of hydrogen-bond acceptors (Lipinski definition) is 5. The number of anilines is 1. The standard InChI is InChI=1S/C13H15N3O3/c1-8(6-10-4-3-5-19-10)15-13-14-7-11(12(17)18)9(2)16-13/h3-5,7-8H,6H2,1-2H3,(H,17,18)(H,14,15,16). The minimum absolute atomic E-state index is 0.0845. The molecule has 0 radical (unpaired) electrons. The monoisotopic (exact) mass is 261 g/mol. The van der Waals surface area contributed by atoms with Crippen LogP contribution < -0.4 is 5.32 Å². The highest BCUT2D eigenvalue weighted by Crippen LogP contribution is 2.10. The van der Waals surface area contributed by atoms with Gasteiger partial charge in [0, 0.05) is 18.7 Å². The summed E-state index contributed by atoms with van der Waals surface area (Å²) in [5, 5.41) is 12.0. The molecule has 0 aliphatic rings. The van der Waals surface area contributed by atoms with Gasteiger partial charge in [0.2, 0.25) is 5.95 Å². The molecule has 0 aromatic carbocycles. The van der Waals surface area contributed by atoms with Crippen molar-refractivity contribution in [1.29, 1.82) is 0 Å². The van der Waals surface area contributed by atoms with Gasteiger partial charge < -0.3 is 14.8 Å². The van der Waals surface area contributed by atoms with E-state index in [-0.39, 0.29) is 11.6 Å². The van der Waals surface area contributed by atoms with Gasteiger partial charge in [-0.3, -0.25) is 0 Å². The molecule has 0 saturated carbocycles. The van der Waals surface area contributed by atoms with Crippen LogP contribution >= 0.6 is 0 Å². The van der Waals surface area contributed by atoms with Gasteiger partial charge in [0.25, 0.3) is 0 Å². The Labute approximate surface area is 110 Å². The van der Waals surface area contributed by atoms with E-state index >= 15 is 0 Å². The number of rotatable bonds is 5. The molecule has 1 atom stereocenters. The van der Waals surface area contributed by atoms with E-state index in [2.05, 4.69) is 15.3 Å². The minimum atomic E-state index is -1.02. The van der Waals surface area contributed by atoms with Gasteiger partial charge in [-0.2, -0.15) is 0 Å². The maximum Gasteiger partial charge on any atom is 0.339 e. The summed E-state index contributed by atoms with van der Waals surface area (Å²) in [5.74, 6) is 0.271. The lowest BCUT2D eigenvalue weighted by Gasteiger charge is -2.13. The van der Waals surface area contributed by atoms with Gasteiger partial charge in [-0.15, -0.1) is 0 Å². The van der Waals surface area contributed by atoms with Crippen LogP contribution in [0.25, 0.3) is 0 Å². The highest BCUT2D eigenvalue weighted by atomic mass is 16.4. The Kier molecular flexibility index (Phi) is 3.79. The molecule has 1 unspecified atom stereocenters. The fourth-order valence-corrected chi connectivity index (χ4v) is 1.75. The molecule has 2 aromatic rings. The van der Waals surface area contributed by atoms with Gasteiger partial charge in [0.1, 0.15) is 5.76 Å². The Balaban J connectivity index is 2.03. The summed E-state index contributed by atoms with van der Waals surface area (Å²) in [6.45, 7) is 3.62. The molecule has 0 fully saturated rings. The zero-order chi connectivity index (χ0) is 13.8. The van der Waals surface area contributed by atoms with Crippen LogP contribution in [-0.2, 0) is 6.42 Å². The fourth-order valence-electron chi connectivity index (χ4n) is 1.75. The molecule has 0 saturated heterocycles. The molecule has 0 aliphatic heterocycles. The second kappa shape index (κ2) is 5.51. The predicted octanol–water partition coefficient (Wildman–Crippen LogP) is 2.12. The molecule has 0 bridgehead atoms. The van der Waals surface area contributed by atoms with Crippen LogP contribution in [0.15, 0.2) is 29.0 Å². The van der Waals surface area contributed by atoms with Gasteiger partial charge in [-0.25, -0.2) is 14.8 Å². The van der Waals surface area contributed by atoms with Crippen molar-refractivity contribution in [3.63, 3.8) is 0 Å². The lowest BCUT2D eigenvalue weighted by Crippen LogP contribution is -2.20. The van der Waals surface area contributed by atoms with E-state index in [1.807, 2.05) is 19.1 Å². The maximum absolute atomic E-state index is 10.9. The third-order valence-corrected chi connectivity index (χ3v) is 2.67. The number of nitrogens with one attached hydrogen (secondary N) is 1. The molecule has 6 nitrogen and oxygen atoms in total. The van der Waals surface area contributed by atoms with Crippen molar-refractivity contribution in [1.82, 2.24) is 9.97 Å². The molecular weight excluding hydrogens is 246 g/mol. The average molecular weight is 261 g/mol. The number of carboxylic acids is 1. The first-order valence-corrected chi connectivity index (χ1v) is 5.92. The highest BCUT2D eigenvalue weighted by Gasteiger charge is 2.12. The van der Waals surface area contributed by atoms with Crippen molar-refractivity contribution in [2.24, 2.45) is 0 Å². The zero-order valence-electron chi connectivity index (χ0n) is 10.8. The number of carboxylic acid groups (broad SMARTS) is 1. The highest BCUT2D eigenvalue weighted by molar-refractivity contribution is 5.88.